The number of nitrogens with zero attached hydrogens (tertiary/aromatic N) is 1. The van der Waals surface area contributed by atoms with E-state index >= 15 is 0 Å². The molecule has 0 aliphatic carbocycles. The van der Waals surface area contributed by atoms with E-state index in [1.165, 1.54) is 0 Å². The molecule has 0 amide bonds. The van der Waals surface area contributed by atoms with Gasteiger partial charge in [0, 0.05) is 30.6 Å². The molecule has 0 aromatic carbocycles. The van der Waals surface area contributed by atoms with Crippen molar-refractivity contribution in [2.75, 3.05) is 6.61 Å². The zero-order chi connectivity index (χ0) is 9.84. The maximum Gasteiger partial charge on any atom is 0.0471 e. The highest BCUT2D eigenvalue weighted by atomic mass is 16.3. The highest BCUT2D eigenvalue weighted by Gasteiger charge is 2.11. The van der Waals surface area contributed by atoms with Crippen LogP contribution in [0.1, 0.15) is 38.0 Å². The molecule has 0 fully saturated rings. The summed E-state index contributed by atoms with van der Waals surface area (Å²) in [5.41, 5.74) is 7.01. The zero-order valence-corrected chi connectivity index (χ0v) is 8.27. The summed E-state index contributed by atoms with van der Waals surface area (Å²) in [6.45, 7) is 4.38. The summed E-state index contributed by atoms with van der Waals surface area (Å²) >= 11 is 0. The fourth-order valence-electron chi connectivity index (χ4n) is 1.48. The van der Waals surface area contributed by atoms with E-state index in [1.54, 1.807) is 0 Å². The van der Waals surface area contributed by atoms with Crippen molar-refractivity contribution in [3.05, 3.63) is 24.0 Å². The molecule has 0 unspecified atom stereocenters. The molecule has 0 saturated carbocycles. The van der Waals surface area contributed by atoms with Crippen molar-refractivity contribution in [3.8, 4) is 0 Å². The molecule has 1 atom stereocenters. The molecule has 0 aliphatic rings. The van der Waals surface area contributed by atoms with Crippen molar-refractivity contribution in [1.29, 1.82) is 0 Å². The normalized spacial score (nSPS) is 13.6. The van der Waals surface area contributed by atoms with E-state index in [9.17, 15) is 0 Å². The van der Waals surface area contributed by atoms with E-state index in [0.29, 0.717) is 12.5 Å². The van der Waals surface area contributed by atoms with E-state index in [0.717, 1.165) is 5.69 Å². The van der Waals surface area contributed by atoms with Gasteiger partial charge in [-0.3, -0.25) is 0 Å². The average molecular weight is 182 g/mol. The second kappa shape index (κ2) is 4.44. The van der Waals surface area contributed by atoms with Crippen LogP contribution in [0.25, 0.3) is 0 Å². The molecule has 1 aromatic rings. The molecule has 0 bridgehead atoms. The summed E-state index contributed by atoms with van der Waals surface area (Å²) in [5, 5.41) is 8.78. The summed E-state index contributed by atoms with van der Waals surface area (Å²) in [5.74, 6) is 0. The summed E-state index contributed by atoms with van der Waals surface area (Å²) in [7, 11) is 0. The first-order valence-corrected chi connectivity index (χ1v) is 4.70. The van der Waals surface area contributed by atoms with Crippen LogP contribution in [0.5, 0.6) is 0 Å². The van der Waals surface area contributed by atoms with Gasteiger partial charge >= 0.3 is 0 Å². The van der Waals surface area contributed by atoms with Crippen LogP contribution >= 0.6 is 0 Å². The molecule has 0 aliphatic heterocycles. The van der Waals surface area contributed by atoms with Crippen LogP contribution in [0.4, 0.5) is 0 Å². The lowest BCUT2D eigenvalue weighted by Crippen LogP contribution is -2.17. The van der Waals surface area contributed by atoms with Gasteiger partial charge in [0.15, 0.2) is 0 Å². The predicted molar refractivity (Wildman–Crippen MR) is 53.4 cm³/mol. The number of hydrogen-bond acceptors (Lipinski definition) is 2. The topological polar surface area (TPSA) is 51.2 Å². The number of rotatable bonds is 4. The molecule has 74 valence electrons. The Bertz CT molecular complexity index is 255. The molecule has 1 rings (SSSR count). The molecule has 0 spiro atoms. The average Bonchev–Trinajstić information content (AvgIpc) is 2.52. The van der Waals surface area contributed by atoms with E-state index < -0.39 is 0 Å². The SMILES string of the molecule is CC(C)n1cccc1[C@H](N)CCO. The Morgan fingerprint density at radius 1 is 1.54 bits per heavy atom. The molecular weight excluding hydrogens is 164 g/mol. The maximum atomic E-state index is 8.78. The maximum absolute atomic E-state index is 8.78. The van der Waals surface area contributed by atoms with Crippen molar-refractivity contribution in [2.24, 2.45) is 5.73 Å². The molecule has 3 heteroatoms. The first-order chi connectivity index (χ1) is 6.16. The van der Waals surface area contributed by atoms with Gasteiger partial charge in [0.25, 0.3) is 0 Å². The molecule has 1 aromatic heterocycles. The molecule has 3 N–H and O–H groups in total. The monoisotopic (exact) mass is 182 g/mol. The Labute approximate surface area is 79.2 Å². The Balaban J connectivity index is 2.80. The van der Waals surface area contributed by atoms with Crippen molar-refractivity contribution in [2.45, 2.75) is 32.4 Å². The Kier molecular flexibility index (Phi) is 3.51. The van der Waals surface area contributed by atoms with Gasteiger partial charge < -0.3 is 15.4 Å². The van der Waals surface area contributed by atoms with Crippen molar-refractivity contribution in [3.63, 3.8) is 0 Å². The van der Waals surface area contributed by atoms with E-state index in [4.69, 9.17) is 10.8 Å². The highest BCUT2D eigenvalue weighted by Crippen LogP contribution is 2.18. The third-order valence-electron chi connectivity index (χ3n) is 2.19. The predicted octanol–water partition coefficient (Wildman–Crippen LogP) is 1.45. The van der Waals surface area contributed by atoms with Gasteiger partial charge in [-0.25, -0.2) is 0 Å². The lowest BCUT2D eigenvalue weighted by molar-refractivity contribution is 0.274. The van der Waals surface area contributed by atoms with Crippen LogP contribution in [0, 0.1) is 0 Å². The molecule has 3 nitrogen and oxygen atoms in total. The fraction of sp³-hybridized carbons (Fsp3) is 0.600. The first kappa shape index (κ1) is 10.3. The van der Waals surface area contributed by atoms with Crippen molar-refractivity contribution < 1.29 is 5.11 Å². The van der Waals surface area contributed by atoms with Crippen LogP contribution < -0.4 is 5.73 Å². The quantitative estimate of drug-likeness (QED) is 0.740. The lowest BCUT2D eigenvalue weighted by Gasteiger charge is -2.17. The van der Waals surface area contributed by atoms with Gasteiger partial charge in [-0.15, -0.1) is 0 Å². The van der Waals surface area contributed by atoms with E-state index in [2.05, 4.69) is 18.4 Å². The second-order valence-electron chi connectivity index (χ2n) is 3.55. The minimum absolute atomic E-state index is 0.0533. The molecular formula is C10H18N2O. The van der Waals surface area contributed by atoms with Gasteiger partial charge in [-0.05, 0) is 32.4 Å². The second-order valence-corrected chi connectivity index (χ2v) is 3.55. The van der Waals surface area contributed by atoms with E-state index in [1.807, 2.05) is 18.3 Å². The third kappa shape index (κ3) is 2.32. The third-order valence-corrected chi connectivity index (χ3v) is 2.19. The Morgan fingerprint density at radius 3 is 2.77 bits per heavy atom. The van der Waals surface area contributed by atoms with Crippen molar-refractivity contribution >= 4 is 0 Å². The summed E-state index contributed by atoms with van der Waals surface area (Å²) < 4.78 is 2.14. The van der Waals surface area contributed by atoms with Crippen LogP contribution in [0.3, 0.4) is 0 Å². The summed E-state index contributed by atoms with van der Waals surface area (Å²) in [4.78, 5) is 0. The standard InChI is InChI=1S/C10H18N2O/c1-8(2)12-6-3-4-10(12)9(11)5-7-13/h3-4,6,8-9,13H,5,7,11H2,1-2H3/t9-/m1/s1. The highest BCUT2D eigenvalue weighted by molar-refractivity contribution is 5.12. The van der Waals surface area contributed by atoms with Crippen LogP contribution in [-0.4, -0.2) is 16.3 Å². The largest absolute Gasteiger partial charge is 0.396 e. The number of nitrogens with two attached hydrogens (primary N) is 1. The van der Waals surface area contributed by atoms with Gasteiger partial charge in [0.2, 0.25) is 0 Å². The summed E-state index contributed by atoms with van der Waals surface area (Å²) in [6.07, 6.45) is 2.65. The molecule has 1 heterocycles. The van der Waals surface area contributed by atoms with Crippen LogP contribution in [-0.2, 0) is 0 Å². The summed E-state index contributed by atoms with van der Waals surface area (Å²) in [6, 6.07) is 4.38. The van der Waals surface area contributed by atoms with E-state index in [-0.39, 0.29) is 12.6 Å². The van der Waals surface area contributed by atoms with Gasteiger partial charge in [-0.1, -0.05) is 0 Å². The smallest absolute Gasteiger partial charge is 0.0471 e. The number of aliphatic hydroxyl groups is 1. The Hall–Kier alpha value is -0.800. The number of aromatic nitrogens is 1. The molecule has 0 radical (unpaired) electrons. The van der Waals surface area contributed by atoms with Gasteiger partial charge in [-0.2, -0.15) is 0 Å². The zero-order valence-electron chi connectivity index (χ0n) is 8.27. The van der Waals surface area contributed by atoms with Crippen molar-refractivity contribution in [1.82, 2.24) is 4.57 Å². The lowest BCUT2D eigenvalue weighted by atomic mass is 10.1. The minimum Gasteiger partial charge on any atom is -0.396 e. The first-order valence-electron chi connectivity index (χ1n) is 4.70. The van der Waals surface area contributed by atoms with Crippen LogP contribution in [0.2, 0.25) is 0 Å². The molecule has 0 saturated heterocycles. The Morgan fingerprint density at radius 2 is 2.23 bits per heavy atom. The van der Waals surface area contributed by atoms with Crippen LogP contribution in [0.15, 0.2) is 18.3 Å². The minimum atomic E-state index is -0.0533. The number of aliphatic hydroxyl groups excluding tert-OH is 1. The van der Waals surface area contributed by atoms with Gasteiger partial charge in [0.05, 0.1) is 0 Å². The number of hydrogen-bond donors (Lipinski definition) is 2. The fourth-order valence-corrected chi connectivity index (χ4v) is 1.48. The molecule has 13 heavy (non-hydrogen) atoms. The van der Waals surface area contributed by atoms with Gasteiger partial charge in [0.1, 0.15) is 0 Å².